The van der Waals surface area contributed by atoms with Gasteiger partial charge in [0.25, 0.3) is 5.91 Å². The first-order valence-corrected chi connectivity index (χ1v) is 12.4. The standard InChI is InChI=1S/C25H36ClN5O.CH4/c1-31-18-28-16-21(31)8-11-27-12-13-29-20-6-7-23(26)22(14-20)24(32)30-17-25-9-2-4-19(15-25)5-3-10-25;/h6-7,14,16,18-19,27,29H,2-5,8-13,15,17H2,1H3,(H,30,32);1H4. The molecule has 0 atom stereocenters. The summed E-state index contributed by atoms with van der Waals surface area (Å²) in [5.41, 5.74) is 3.00. The van der Waals surface area contributed by atoms with Crippen molar-refractivity contribution in [3.05, 3.63) is 47.0 Å². The second kappa shape index (κ2) is 11.9. The molecular weight excluding hydrogens is 434 g/mol. The molecule has 2 fully saturated rings. The van der Waals surface area contributed by atoms with Crippen LogP contribution in [0, 0.1) is 11.3 Å². The van der Waals surface area contributed by atoms with Gasteiger partial charge in [-0.2, -0.15) is 0 Å². The lowest BCUT2D eigenvalue weighted by molar-refractivity contribution is 0.0682. The summed E-state index contributed by atoms with van der Waals surface area (Å²) in [5, 5.41) is 10.5. The van der Waals surface area contributed by atoms with Gasteiger partial charge in [-0.15, -0.1) is 0 Å². The molecule has 2 aromatic rings. The molecule has 2 saturated carbocycles. The molecule has 2 aliphatic carbocycles. The lowest BCUT2D eigenvalue weighted by atomic mass is 9.62. The van der Waals surface area contributed by atoms with Gasteiger partial charge in [-0.3, -0.25) is 4.79 Å². The number of anilines is 1. The minimum Gasteiger partial charge on any atom is -0.384 e. The van der Waals surface area contributed by atoms with E-state index in [0.29, 0.717) is 16.0 Å². The summed E-state index contributed by atoms with van der Waals surface area (Å²) in [4.78, 5) is 17.1. The van der Waals surface area contributed by atoms with Crippen molar-refractivity contribution in [1.82, 2.24) is 20.2 Å². The van der Waals surface area contributed by atoms with E-state index in [0.717, 1.165) is 44.2 Å². The number of imidazole rings is 1. The molecule has 4 rings (SSSR count). The Balaban J connectivity index is 0.00000306. The second-order valence-corrected chi connectivity index (χ2v) is 10.1. The average Bonchev–Trinajstić information content (AvgIpc) is 3.20. The molecule has 0 saturated heterocycles. The van der Waals surface area contributed by atoms with Gasteiger partial charge in [-0.25, -0.2) is 4.98 Å². The monoisotopic (exact) mass is 473 g/mol. The normalized spacial score (nSPS) is 21.8. The quantitative estimate of drug-likeness (QED) is 0.422. The SMILES string of the molecule is C.Cn1cncc1CCNCCNc1ccc(Cl)c(C(=O)NCC23CCCC(CCC2)C3)c1. The third-order valence-corrected chi connectivity index (χ3v) is 7.63. The zero-order valence-corrected chi connectivity index (χ0v) is 19.9. The van der Waals surface area contributed by atoms with E-state index < -0.39 is 0 Å². The second-order valence-electron chi connectivity index (χ2n) is 9.65. The van der Waals surface area contributed by atoms with E-state index in [9.17, 15) is 4.79 Å². The van der Waals surface area contributed by atoms with Crippen molar-refractivity contribution in [3.63, 3.8) is 0 Å². The van der Waals surface area contributed by atoms with E-state index in [1.807, 2.05) is 42.3 Å². The van der Waals surface area contributed by atoms with Crippen molar-refractivity contribution in [1.29, 1.82) is 0 Å². The molecule has 2 aliphatic rings. The lowest BCUT2D eigenvalue weighted by Gasteiger charge is -2.45. The summed E-state index contributed by atoms with van der Waals surface area (Å²) in [6, 6.07) is 5.61. The van der Waals surface area contributed by atoms with Gasteiger partial charge >= 0.3 is 0 Å². The highest BCUT2D eigenvalue weighted by Gasteiger charge is 2.39. The number of nitrogens with one attached hydrogen (secondary N) is 3. The zero-order valence-electron chi connectivity index (χ0n) is 19.1. The molecular formula is C26H40ClN5O. The van der Waals surface area contributed by atoms with Crippen LogP contribution in [-0.2, 0) is 13.5 Å². The number of fused-ring (bicyclic) bond motifs is 2. The van der Waals surface area contributed by atoms with Gasteiger partial charge in [0.05, 0.1) is 16.9 Å². The zero-order chi connectivity index (χ0) is 22.4. The number of hydrogen-bond donors (Lipinski definition) is 3. The van der Waals surface area contributed by atoms with Gasteiger partial charge in [-0.05, 0) is 48.8 Å². The molecule has 0 radical (unpaired) electrons. The average molecular weight is 474 g/mol. The molecule has 1 aromatic heterocycles. The predicted octanol–water partition coefficient (Wildman–Crippen LogP) is 5.04. The molecule has 1 aromatic carbocycles. The van der Waals surface area contributed by atoms with E-state index in [4.69, 9.17) is 11.6 Å². The van der Waals surface area contributed by atoms with Crippen LogP contribution in [0.1, 0.15) is 68.4 Å². The van der Waals surface area contributed by atoms with Crippen LogP contribution in [0.2, 0.25) is 5.02 Å². The van der Waals surface area contributed by atoms with Crippen LogP contribution in [0.15, 0.2) is 30.7 Å². The maximum Gasteiger partial charge on any atom is 0.252 e. The third kappa shape index (κ3) is 6.73. The van der Waals surface area contributed by atoms with Gasteiger partial charge in [0.1, 0.15) is 0 Å². The number of aryl methyl sites for hydroxylation is 1. The number of benzene rings is 1. The van der Waals surface area contributed by atoms with Gasteiger partial charge in [-0.1, -0.05) is 44.7 Å². The molecule has 6 nitrogen and oxygen atoms in total. The summed E-state index contributed by atoms with van der Waals surface area (Å²) >= 11 is 6.37. The Morgan fingerprint density at radius 3 is 2.73 bits per heavy atom. The number of aromatic nitrogens is 2. The fourth-order valence-corrected chi connectivity index (χ4v) is 5.71. The van der Waals surface area contributed by atoms with Crippen molar-refractivity contribution in [2.24, 2.45) is 18.4 Å². The Morgan fingerprint density at radius 1 is 1.21 bits per heavy atom. The van der Waals surface area contributed by atoms with Crippen LogP contribution >= 0.6 is 11.6 Å². The van der Waals surface area contributed by atoms with Crippen molar-refractivity contribution >= 4 is 23.2 Å². The lowest BCUT2D eigenvalue weighted by Crippen LogP contribution is -2.43. The molecule has 182 valence electrons. The first-order chi connectivity index (χ1) is 15.5. The van der Waals surface area contributed by atoms with E-state index in [1.165, 1.54) is 50.6 Å². The maximum absolute atomic E-state index is 12.9. The summed E-state index contributed by atoms with van der Waals surface area (Å²) in [6.07, 6.45) is 13.8. The molecule has 1 heterocycles. The van der Waals surface area contributed by atoms with Crippen LogP contribution in [0.5, 0.6) is 0 Å². The number of hydrogen-bond acceptors (Lipinski definition) is 4. The van der Waals surface area contributed by atoms with Gasteiger partial charge in [0, 0.05) is 57.2 Å². The molecule has 3 N–H and O–H groups in total. The van der Waals surface area contributed by atoms with E-state index in [-0.39, 0.29) is 13.3 Å². The van der Waals surface area contributed by atoms with Crippen molar-refractivity contribution < 1.29 is 4.79 Å². The van der Waals surface area contributed by atoms with Crippen molar-refractivity contribution in [2.75, 3.05) is 31.5 Å². The highest BCUT2D eigenvalue weighted by Crippen LogP contribution is 2.48. The number of amides is 1. The molecule has 0 spiro atoms. The minimum atomic E-state index is -0.0602. The Morgan fingerprint density at radius 2 is 2.00 bits per heavy atom. The van der Waals surface area contributed by atoms with E-state index in [2.05, 4.69) is 20.9 Å². The Hall–Kier alpha value is -2.05. The predicted molar refractivity (Wildman–Crippen MR) is 137 cm³/mol. The molecule has 0 aliphatic heterocycles. The first-order valence-electron chi connectivity index (χ1n) is 12.0. The Kier molecular flexibility index (Phi) is 9.21. The molecule has 2 bridgehead atoms. The van der Waals surface area contributed by atoms with Gasteiger partial charge in [0.2, 0.25) is 0 Å². The summed E-state index contributed by atoms with van der Waals surface area (Å²) in [6.45, 7) is 3.29. The molecule has 1 amide bonds. The van der Waals surface area contributed by atoms with Crippen molar-refractivity contribution in [3.8, 4) is 0 Å². The van der Waals surface area contributed by atoms with Gasteiger partial charge in [0.15, 0.2) is 0 Å². The maximum atomic E-state index is 12.9. The van der Waals surface area contributed by atoms with Crippen LogP contribution < -0.4 is 16.0 Å². The number of carbonyl (C=O) groups excluding carboxylic acids is 1. The number of carbonyl (C=O) groups is 1. The summed E-state index contributed by atoms with van der Waals surface area (Å²) in [5.74, 6) is 0.804. The highest BCUT2D eigenvalue weighted by molar-refractivity contribution is 6.34. The smallest absolute Gasteiger partial charge is 0.252 e. The Bertz CT molecular complexity index is 902. The van der Waals surface area contributed by atoms with E-state index >= 15 is 0 Å². The number of nitrogens with zero attached hydrogens (tertiary/aromatic N) is 2. The van der Waals surface area contributed by atoms with E-state index in [1.54, 1.807) is 0 Å². The Labute approximate surface area is 203 Å². The van der Waals surface area contributed by atoms with Crippen LogP contribution in [0.4, 0.5) is 5.69 Å². The molecule has 7 heteroatoms. The van der Waals surface area contributed by atoms with Crippen LogP contribution in [-0.4, -0.2) is 41.6 Å². The summed E-state index contributed by atoms with van der Waals surface area (Å²) in [7, 11) is 2.01. The summed E-state index contributed by atoms with van der Waals surface area (Å²) < 4.78 is 2.04. The fourth-order valence-electron chi connectivity index (χ4n) is 5.50. The van der Waals surface area contributed by atoms with Gasteiger partial charge < -0.3 is 20.5 Å². The largest absolute Gasteiger partial charge is 0.384 e. The van der Waals surface area contributed by atoms with Crippen LogP contribution in [0.25, 0.3) is 0 Å². The number of rotatable bonds is 10. The third-order valence-electron chi connectivity index (χ3n) is 7.30. The fraction of sp³-hybridized carbons (Fsp3) is 0.615. The topological polar surface area (TPSA) is 71.0 Å². The minimum absolute atomic E-state index is 0. The molecule has 0 unspecified atom stereocenters. The highest BCUT2D eigenvalue weighted by atomic mass is 35.5. The first kappa shape index (κ1) is 25.6. The van der Waals surface area contributed by atoms with Crippen LogP contribution in [0.3, 0.4) is 0 Å². The number of halogens is 1. The molecule has 33 heavy (non-hydrogen) atoms. The van der Waals surface area contributed by atoms with Crippen molar-refractivity contribution in [2.45, 2.75) is 58.8 Å².